The van der Waals surface area contributed by atoms with Crippen molar-refractivity contribution in [2.45, 2.75) is 29.7 Å². The lowest BCUT2D eigenvalue weighted by molar-refractivity contribution is -0.127. The molecule has 1 atom stereocenters. The summed E-state index contributed by atoms with van der Waals surface area (Å²) >= 11 is 0. The van der Waals surface area contributed by atoms with E-state index in [1.165, 1.54) is 4.90 Å². The third-order valence-corrected chi connectivity index (χ3v) is 8.32. The smallest absolute Gasteiger partial charge is 0.249 e. The molecule has 0 saturated heterocycles. The van der Waals surface area contributed by atoms with Gasteiger partial charge in [0.15, 0.2) is 9.84 Å². The molecule has 9 heteroatoms. The van der Waals surface area contributed by atoms with Gasteiger partial charge in [0.05, 0.1) is 19.3 Å². The normalized spacial score (nSPS) is 17.1. The number of fused-ring (bicyclic) bond motifs is 5. The summed E-state index contributed by atoms with van der Waals surface area (Å²) in [6, 6.07) is 20.6. The van der Waals surface area contributed by atoms with Crippen LogP contribution in [-0.4, -0.2) is 45.4 Å². The minimum atomic E-state index is -3.76. The number of para-hydroxylation sites is 1. The van der Waals surface area contributed by atoms with E-state index < -0.39 is 21.8 Å². The van der Waals surface area contributed by atoms with Crippen molar-refractivity contribution in [2.24, 2.45) is 0 Å². The van der Waals surface area contributed by atoms with E-state index in [2.05, 4.69) is 10.3 Å². The molecule has 0 spiro atoms. The quantitative estimate of drug-likeness (QED) is 0.430. The van der Waals surface area contributed by atoms with Crippen LogP contribution in [0.5, 0.6) is 5.75 Å². The number of hydrogen-bond acceptors (Lipinski definition) is 5. The second-order valence-electron chi connectivity index (χ2n) is 9.15. The molecule has 2 heterocycles. The van der Waals surface area contributed by atoms with Crippen molar-refractivity contribution in [2.75, 3.05) is 19.1 Å². The van der Waals surface area contributed by atoms with Crippen LogP contribution in [-0.2, 0) is 38.0 Å². The van der Waals surface area contributed by atoms with Crippen molar-refractivity contribution in [1.82, 2.24) is 10.3 Å². The van der Waals surface area contributed by atoms with Gasteiger partial charge in [0, 0.05) is 37.0 Å². The average molecular weight is 520 g/mol. The molecule has 1 aliphatic rings. The highest BCUT2D eigenvalue weighted by molar-refractivity contribution is 7.90. The molecule has 1 aromatic heterocycles. The number of rotatable bonds is 3. The van der Waals surface area contributed by atoms with Gasteiger partial charge in [-0.15, -0.1) is 0 Å². The first-order valence-electron chi connectivity index (χ1n) is 11.9. The van der Waals surface area contributed by atoms with E-state index in [4.69, 9.17) is 4.74 Å². The van der Waals surface area contributed by atoms with Crippen LogP contribution >= 0.6 is 0 Å². The van der Waals surface area contributed by atoms with Crippen LogP contribution in [0.15, 0.2) is 77.8 Å². The Morgan fingerprint density at radius 2 is 1.76 bits per heavy atom. The van der Waals surface area contributed by atoms with Crippen LogP contribution in [0.2, 0.25) is 0 Å². The molecule has 0 radical (unpaired) electrons. The molecular weight excluding hydrogens is 490 g/mol. The van der Waals surface area contributed by atoms with Gasteiger partial charge in [0.2, 0.25) is 11.8 Å². The predicted octanol–water partition coefficient (Wildman–Crippen LogP) is 3.64. The number of H-pyrrole nitrogens is 1. The largest absolute Gasteiger partial charge is 0.497 e. The first-order chi connectivity index (χ1) is 17.7. The number of nitrogens with zero attached hydrogens (tertiary/aromatic N) is 1. The van der Waals surface area contributed by atoms with E-state index in [0.717, 1.165) is 5.56 Å². The standard InChI is InChI=1S/C28H27N3O5S.H2/c1-31(20-10-12-21(36-2)13-11-20)28(33)25-15-18-6-5-7-19(14-18)17-37(34,35)27-23(16-26(32)29-25)22-8-3-4-9-24(22)30-27;/h3-14,25,30H,15-17H2,1-2H3,(H,29,32);1H/t25-;/m0./s1. The molecule has 2 amide bonds. The minimum absolute atomic E-state index is 0. The van der Waals surface area contributed by atoms with Crippen molar-refractivity contribution >= 4 is 38.2 Å². The molecule has 37 heavy (non-hydrogen) atoms. The fourth-order valence-electron chi connectivity index (χ4n) is 4.76. The van der Waals surface area contributed by atoms with E-state index in [9.17, 15) is 18.0 Å². The van der Waals surface area contributed by atoms with E-state index in [1.54, 1.807) is 80.9 Å². The summed E-state index contributed by atoms with van der Waals surface area (Å²) in [4.78, 5) is 31.4. The van der Waals surface area contributed by atoms with Gasteiger partial charge in [-0.1, -0.05) is 42.5 Å². The number of likely N-dealkylation sites (N-methyl/N-ethyl adjacent to an activating group) is 1. The van der Waals surface area contributed by atoms with Gasteiger partial charge in [-0.2, -0.15) is 0 Å². The molecule has 2 N–H and O–H groups in total. The van der Waals surface area contributed by atoms with Crippen LogP contribution in [0.25, 0.3) is 10.9 Å². The Balaban J connectivity index is 0.00000336. The molecule has 8 nitrogen and oxygen atoms in total. The number of carbonyl (C=O) groups excluding carboxylic acids is 2. The number of nitrogens with one attached hydrogen (secondary N) is 2. The second kappa shape index (κ2) is 9.74. The minimum Gasteiger partial charge on any atom is -0.497 e. The molecule has 0 aliphatic carbocycles. The van der Waals surface area contributed by atoms with Gasteiger partial charge in [0.25, 0.3) is 0 Å². The fourth-order valence-corrected chi connectivity index (χ4v) is 6.35. The highest BCUT2D eigenvalue weighted by Gasteiger charge is 2.30. The highest BCUT2D eigenvalue weighted by atomic mass is 32.2. The summed E-state index contributed by atoms with van der Waals surface area (Å²) in [6.07, 6.45) is 0.0439. The molecule has 0 fully saturated rings. The highest BCUT2D eigenvalue weighted by Crippen LogP contribution is 2.29. The van der Waals surface area contributed by atoms with Gasteiger partial charge in [-0.05, 0) is 41.5 Å². The summed E-state index contributed by atoms with van der Waals surface area (Å²) in [5, 5.41) is 3.58. The van der Waals surface area contributed by atoms with E-state index in [0.29, 0.717) is 33.5 Å². The van der Waals surface area contributed by atoms with E-state index >= 15 is 0 Å². The monoisotopic (exact) mass is 519 g/mol. The number of methoxy groups -OCH3 is 1. The topological polar surface area (TPSA) is 109 Å². The van der Waals surface area contributed by atoms with Gasteiger partial charge >= 0.3 is 0 Å². The molecular formula is C28H29N3O5S. The lowest BCUT2D eigenvalue weighted by atomic mass is 10.0. The molecule has 4 aromatic rings. The number of amides is 2. The maximum absolute atomic E-state index is 13.6. The number of aromatic nitrogens is 1. The molecule has 2 bridgehead atoms. The van der Waals surface area contributed by atoms with Crippen LogP contribution in [0, 0.1) is 0 Å². The summed E-state index contributed by atoms with van der Waals surface area (Å²) < 4.78 is 32.1. The maximum atomic E-state index is 13.6. The number of benzene rings is 3. The number of aromatic amines is 1. The molecule has 0 unspecified atom stereocenters. The summed E-state index contributed by atoms with van der Waals surface area (Å²) in [6.45, 7) is 0. The fraction of sp³-hybridized carbons (Fsp3) is 0.214. The van der Waals surface area contributed by atoms with Crippen molar-refractivity contribution in [1.29, 1.82) is 0 Å². The maximum Gasteiger partial charge on any atom is 0.249 e. The molecule has 0 saturated carbocycles. The Morgan fingerprint density at radius 1 is 1.03 bits per heavy atom. The Kier molecular flexibility index (Phi) is 6.47. The van der Waals surface area contributed by atoms with Crippen molar-refractivity contribution in [3.8, 4) is 5.75 Å². The van der Waals surface area contributed by atoms with Crippen LogP contribution < -0.4 is 15.0 Å². The second-order valence-corrected chi connectivity index (χ2v) is 11.1. The number of carbonyl (C=O) groups is 2. The van der Waals surface area contributed by atoms with Crippen LogP contribution in [0.3, 0.4) is 0 Å². The van der Waals surface area contributed by atoms with E-state index in [-0.39, 0.29) is 31.0 Å². The van der Waals surface area contributed by atoms with Gasteiger partial charge < -0.3 is 19.9 Å². The van der Waals surface area contributed by atoms with Crippen molar-refractivity contribution in [3.63, 3.8) is 0 Å². The first kappa shape index (κ1) is 24.6. The summed E-state index contributed by atoms with van der Waals surface area (Å²) in [5.41, 5.74) is 3.07. The molecule has 1 aliphatic heterocycles. The average Bonchev–Trinajstić information content (AvgIpc) is 3.26. The number of ether oxygens (including phenoxy) is 1. The van der Waals surface area contributed by atoms with Crippen LogP contribution in [0.1, 0.15) is 18.1 Å². The Labute approximate surface area is 216 Å². The third-order valence-electron chi connectivity index (χ3n) is 6.63. The Hall–Kier alpha value is -4.11. The summed E-state index contributed by atoms with van der Waals surface area (Å²) in [5.74, 6) is -0.260. The zero-order valence-corrected chi connectivity index (χ0v) is 21.3. The van der Waals surface area contributed by atoms with E-state index in [1.807, 2.05) is 6.07 Å². The number of sulfone groups is 1. The van der Waals surface area contributed by atoms with Crippen LogP contribution in [0.4, 0.5) is 5.69 Å². The number of anilines is 1. The SMILES string of the molecule is COc1ccc(N(C)C(=O)[C@@H]2Cc3cccc(c3)CS(=O)(=O)c3[nH]c4ccccc4c3CC(=O)N2)cc1.[HH]. The predicted molar refractivity (Wildman–Crippen MR) is 143 cm³/mol. The molecule has 192 valence electrons. The lowest BCUT2D eigenvalue weighted by Gasteiger charge is -2.25. The zero-order chi connectivity index (χ0) is 26.2. The Bertz CT molecular complexity index is 1600. The first-order valence-corrected chi connectivity index (χ1v) is 13.5. The van der Waals surface area contributed by atoms with Crippen molar-refractivity contribution < 1.29 is 24.2 Å². The third kappa shape index (κ3) is 4.95. The van der Waals surface area contributed by atoms with Gasteiger partial charge in [0.1, 0.15) is 16.8 Å². The van der Waals surface area contributed by atoms with Crippen molar-refractivity contribution in [3.05, 3.63) is 89.5 Å². The summed E-state index contributed by atoms with van der Waals surface area (Å²) in [7, 11) is -0.526. The molecule has 5 rings (SSSR count). The Morgan fingerprint density at radius 3 is 2.51 bits per heavy atom. The van der Waals surface area contributed by atoms with Gasteiger partial charge in [-0.25, -0.2) is 8.42 Å². The lowest BCUT2D eigenvalue weighted by Crippen LogP contribution is -2.49. The van der Waals surface area contributed by atoms with Gasteiger partial charge in [-0.3, -0.25) is 9.59 Å². The molecule has 3 aromatic carbocycles. The zero-order valence-electron chi connectivity index (χ0n) is 20.5. The number of hydrogen-bond donors (Lipinski definition) is 2.